The van der Waals surface area contributed by atoms with Crippen LogP contribution in [0, 0.1) is 16.2 Å². The van der Waals surface area contributed by atoms with Crippen LogP contribution in [0.1, 0.15) is 69.2 Å². The number of hydrogen-bond acceptors (Lipinski definition) is 21. The van der Waals surface area contributed by atoms with E-state index in [4.69, 9.17) is 63.1 Å². The van der Waals surface area contributed by atoms with Crippen LogP contribution in [0.5, 0.6) is 0 Å². The molecule has 11 unspecified atom stereocenters. The highest BCUT2D eigenvalue weighted by atomic mass is 16.2. The first-order chi connectivity index (χ1) is 26.1. The molecule has 0 fully saturated rings. The predicted octanol–water partition coefficient (Wildman–Crippen LogP) is -7.45. The van der Waals surface area contributed by atoms with E-state index in [0.29, 0.717) is 0 Å². The molecule has 11 atom stereocenters. The first-order valence-corrected chi connectivity index (χ1v) is 18.2. The van der Waals surface area contributed by atoms with Crippen molar-refractivity contribution in [3.05, 3.63) is 0 Å². The van der Waals surface area contributed by atoms with Crippen molar-refractivity contribution >= 4 is 64.0 Å². The molecular weight excluding hydrogens is 764 g/mol. The lowest BCUT2D eigenvalue weighted by Crippen LogP contribution is -2.92. The van der Waals surface area contributed by atoms with Gasteiger partial charge in [0.25, 0.3) is 5.91 Å². The SMILES string of the molecule is CC(N)C(=O)N(C(=O)C(C)N)C(C(N)=O)(C(=O)C(C)N)C(C(=O)C(C)N)(C(C(=O)C(C)N)(C(=O)C(C)N)C(=O)C(C)N)C(C(=O)C(C)N)(C(=O)C(C)N)C(=O)C(C)N. The molecule has 3 amide bonds. The van der Waals surface area contributed by atoms with Gasteiger partial charge in [0.15, 0.2) is 57.1 Å². The number of imide groups is 1. The molecule has 22 N–H and O–H groups in total. The third kappa shape index (κ3) is 7.74. The number of hydrogen-bond donors (Lipinski definition) is 11. The van der Waals surface area contributed by atoms with Crippen LogP contribution in [-0.2, 0) is 52.7 Å². The largest absolute Gasteiger partial charge is 0.367 e. The monoisotopic (exact) mass is 826 g/mol. The molecule has 0 aromatic heterocycles. The Kier molecular flexibility index (Phi) is 17.6. The van der Waals surface area contributed by atoms with Gasteiger partial charge in [-0.2, -0.15) is 0 Å². The Labute approximate surface area is 335 Å². The summed E-state index contributed by atoms with van der Waals surface area (Å²) in [6.45, 7) is 8.02. The van der Waals surface area contributed by atoms with E-state index < -0.39 is 151 Å². The van der Waals surface area contributed by atoms with Gasteiger partial charge in [0.1, 0.15) is 5.41 Å². The van der Waals surface area contributed by atoms with Crippen LogP contribution in [0.25, 0.3) is 0 Å². The second-order valence-corrected chi connectivity index (χ2v) is 15.1. The molecular formula is C35H62N12O11. The number of nitrogens with zero attached hydrogens (tertiary/aromatic N) is 1. The smallest absolute Gasteiger partial charge is 0.252 e. The van der Waals surface area contributed by atoms with E-state index in [1.807, 2.05) is 0 Å². The van der Waals surface area contributed by atoms with Gasteiger partial charge in [-0.3, -0.25) is 57.6 Å². The van der Waals surface area contributed by atoms with Crippen molar-refractivity contribution < 1.29 is 52.7 Å². The van der Waals surface area contributed by atoms with Gasteiger partial charge in [-0.1, -0.05) is 0 Å². The number of primary amides is 1. The summed E-state index contributed by atoms with van der Waals surface area (Å²) in [7, 11) is 0. The van der Waals surface area contributed by atoms with Crippen LogP contribution in [-0.4, -0.2) is 135 Å². The maximum Gasteiger partial charge on any atom is 0.252 e. The number of ketones is 8. The summed E-state index contributed by atoms with van der Waals surface area (Å²) in [4.78, 5) is 169. The van der Waals surface area contributed by atoms with Crippen LogP contribution in [0.4, 0.5) is 0 Å². The Morgan fingerprint density at radius 3 is 0.655 bits per heavy atom. The molecule has 0 rings (SSSR count). The number of nitrogens with two attached hydrogens (primary N) is 11. The Morgan fingerprint density at radius 1 is 0.328 bits per heavy atom. The summed E-state index contributed by atoms with van der Waals surface area (Å²) >= 11 is 0. The zero-order valence-electron chi connectivity index (χ0n) is 34.6. The highest BCUT2D eigenvalue weighted by Gasteiger charge is 2.92. The van der Waals surface area contributed by atoms with Crippen LogP contribution in [0.2, 0.25) is 0 Å². The van der Waals surface area contributed by atoms with E-state index >= 15 is 43.2 Å². The Morgan fingerprint density at radius 2 is 0.517 bits per heavy atom. The molecule has 0 radical (unpaired) electrons. The average Bonchev–Trinajstić information content (AvgIpc) is 3.10. The molecule has 0 spiro atoms. The third-order valence-electron chi connectivity index (χ3n) is 9.83. The topological polar surface area (TPSA) is 477 Å². The van der Waals surface area contributed by atoms with Gasteiger partial charge in [-0.05, 0) is 69.2 Å². The van der Waals surface area contributed by atoms with Crippen molar-refractivity contribution in [3.63, 3.8) is 0 Å². The highest BCUT2D eigenvalue weighted by molar-refractivity contribution is 6.41. The quantitative estimate of drug-likeness (QED) is 0.0426. The lowest BCUT2D eigenvalue weighted by Gasteiger charge is -2.64. The zero-order valence-corrected chi connectivity index (χ0v) is 34.6. The molecule has 23 nitrogen and oxygen atoms in total. The van der Waals surface area contributed by atoms with Gasteiger partial charge in [-0.15, -0.1) is 0 Å². The lowest BCUT2D eigenvalue weighted by atomic mass is 9.33. The van der Waals surface area contributed by atoms with Gasteiger partial charge < -0.3 is 63.1 Å². The van der Waals surface area contributed by atoms with E-state index in [1.165, 1.54) is 0 Å². The van der Waals surface area contributed by atoms with Crippen molar-refractivity contribution in [3.8, 4) is 0 Å². The minimum absolute atomic E-state index is 0.491. The van der Waals surface area contributed by atoms with Gasteiger partial charge in [-0.25, -0.2) is 0 Å². The molecule has 0 saturated heterocycles. The molecule has 0 bridgehead atoms. The maximum atomic E-state index is 16.2. The lowest BCUT2D eigenvalue weighted by molar-refractivity contribution is -0.209. The minimum Gasteiger partial charge on any atom is -0.367 e. The fourth-order valence-electron chi connectivity index (χ4n) is 7.65. The van der Waals surface area contributed by atoms with E-state index in [2.05, 4.69) is 0 Å². The zero-order chi connectivity index (χ0) is 46.7. The van der Waals surface area contributed by atoms with Crippen molar-refractivity contribution in [1.29, 1.82) is 0 Å². The number of rotatable bonds is 23. The molecule has 0 aliphatic heterocycles. The molecule has 328 valence electrons. The minimum atomic E-state index is -4.95. The molecule has 23 heteroatoms. The molecule has 0 saturated carbocycles. The first-order valence-electron chi connectivity index (χ1n) is 18.2. The second-order valence-electron chi connectivity index (χ2n) is 15.1. The van der Waals surface area contributed by atoms with E-state index in [-0.39, 0.29) is 0 Å². The number of amides is 3. The number of carbonyl (C=O) groups excluding carboxylic acids is 11. The standard InChI is InChI=1S/C35H62N12O11/c1-11(36)21(48)32(22(49)12(2)37,23(50)13(3)38)35(28(55)18(8)43,33(24(51)14(4)39,25(52)15(5)40)26(53)16(6)41)34(31(46)58,27(54)17(7)42)47(29(56)19(9)44)30(57)20(10)45/h11-20H,36-45H2,1-10H3,(H2,46,58). The van der Waals surface area contributed by atoms with Crippen LogP contribution in [0.3, 0.4) is 0 Å². The Hall–Kier alpha value is -4.43. The molecule has 0 aliphatic rings. The fourth-order valence-corrected chi connectivity index (χ4v) is 7.65. The summed E-state index contributed by atoms with van der Waals surface area (Å²) in [5, 5.41) is 0. The number of Topliss-reactive ketones (excluding diaryl/α,β-unsaturated/α-hetero) is 8. The maximum absolute atomic E-state index is 16.2. The summed E-state index contributed by atoms with van der Waals surface area (Å²) in [6.07, 6.45) is 0. The Balaban J connectivity index is 12.2. The summed E-state index contributed by atoms with van der Waals surface area (Å²) in [6, 6.07) is -22.8. The molecule has 0 heterocycles. The summed E-state index contributed by atoms with van der Waals surface area (Å²) < 4.78 is 0. The first kappa shape index (κ1) is 53.6. The van der Waals surface area contributed by atoms with Crippen molar-refractivity contribution in [2.24, 2.45) is 79.3 Å². The fraction of sp³-hybridized carbons (Fsp3) is 0.686. The molecule has 0 aliphatic carbocycles. The van der Waals surface area contributed by atoms with Crippen LogP contribution >= 0.6 is 0 Å². The Bertz CT molecular complexity index is 1530. The number of carbonyl (C=O) groups is 11. The second kappa shape index (κ2) is 19.1. The van der Waals surface area contributed by atoms with Crippen molar-refractivity contribution in [2.75, 3.05) is 0 Å². The van der Waals surface area contributed by atoms with E-state index in [1.54, 1.807) is 0 Å². The van der Waals surface area contributed by atoms with Gasteiger partial charge in [0, 0.05) is 0 Å². The van der Waals surface area contributed by atoms with Gasteiger partial charge in [0.2, 0.25) is 17.4 Å². The predicted molar refractivity (Wildman–Crippen MR) is 208 cm³/mol. The summed E-state index contributed by atoms with van der Waals surface area (Å²) in [5.41, 5.74) is 48.7. The normalized spacial score (nSPS) is 21.1. The summed E-state index contributed by atoms with van der Waals surface area (Å²) in [5.74, 6) is -23.2. The highest BCUT2D eigenvalue weighted by Crippen LogP contribution is 2.65. The molecule has 58 heavy (non-hydrogen) atoms. The van der Waals surface area contributed by atoms with Crippen LogP contribution < -0.4 is 63.1 Å². The van der Waals surface area contributed by atoms with E-state index in [0.717, 1.165) is 69.2 Å². The van der Waals surface area contributed by atoms with Crippen molar-refractivity contribution in [2.45, 2.75) is 135 Å². The molecule has 0 aromatic rings. The molecule has 0 aromatic carbocycles. The van der Waals surface area contributed by atoms with Gasteiger partial charge in [0.05, 0.1) is 60.4 Å². The van der Waals surface area contributed by atoms with Gasteiger partial charge >= 0.3 is 0 Å². The van der Waals surface area contributed by atoms with Crippen LogP contribution in [0.15, 0.2) is 0 Å². The van der Waals surface area contributed by atoms with Crippen molar-refractivity contribution in [1.82, 2.24) is 4.90 Å². The third-order valence-corrected chi connectivity index (χ3v) is 9.83. The van der Waals surface area contributed by atoms with E-state index in [9.17, 15) is 9.59 Å². The average molecular weight is 827 g/mol.